The van der Waals surface area contributed by atoms with Gasteiger partial charge in [-0.05, 0) is 12.1 Å². The van der Waals surface area contributed by atoms with E-state index in [9.17, 15) is 4.79 Å². The maximum Gasteiger partial charge on any atom is 0.407 e. The maximum absolute atomic E-state index is 10.9. The summed E-state index contributed by atoms with van der Waals surface area (Å²) in [5.41, 5.74) is 0. The van der Waals surface area contributed by atoms with E-state index in [2.05, 4.69) is 5.32 Å². The van der Waals surface area contributed by atoms with Crippen LogP contribution in [0.25, 0.3) is 0 Å². The maximum atomic E-state index is 10.9. The monoisotopic (exact) mass is 225 g/mol. The molecule has 0 radical (unpaired) electrons. The molecular formula is C11H15NO4. The Bertz CT molecular complexity index is 302. The molecule has 0 heterocycles. The van der Waals surface area contributed by atoms with Gasteiger partial charge in [0.1, 0.15) is 19.0 Å². The van der Waals surface area contributed by atoms with E-state index in [-0.39, 0.29) is 19.8 Å². The lowest BCUT2D eigenvalue weighted by molar-refractivity contribution is 0.123. The first kappa shape index (κ1) is 12.3. The van der Waals surface area contributed by atoms with Crippen LogP contribution in [0.5, 0.6) is 5.75 Å². The quantitative estimate of drug-likeness (QED) is 0.702. The number of aliphatic hydroxyl groups excluding tert-OH is 1. The Hall–Kier alpha value is -1.75. The lowest BCUT2D eigenvalue weighted by atomic mass is 10.3. The van der Waals surface area contributed by atoms with Crippen LogP contribution in [0.4, 0.5) is 4.79 Å². The summed E-state index contributed by atoms with van der Waals surface area (Å²) < 4.78 is 10.1. The van der Waals surface area contributed by atoms with Gasteiger partial charge >= 0.3 is 6.09 Å². The van der Waals surface area contributed by atoms with E-state index in [1.54, 1.807) is 0 Å². The van der Waals surface area contributed by atoms with E-state index in [1.807, 2.05) is 30.3 Å². The summed E-state index contributed by atoms with van der Waals surface area (Å²) in [7, 11) is 0. The van der Waals surface area contributed by atoms with Crippen molar-refractivity contribution in [1.82, 2.24) is 5.32 Å². The highest BCUT2D eigenvalue weighted by molar-refractivity contribution is 5.66. The second-order valence-electron chi connectivity index (χ2n) is 2.95. The van der Waals surface area contributed by atoms with Crippen molar-refractivity contribution in [2.75, 3.05) is 26.4 Å². The van der Waals surface area contributed by atoms with Gasteiger partial charge in [-0.3, -0.25) is 0 Å². The molecule has 5 nitrogen and oxygen atoms in total. The van der Waals surface area contributed by atoms with E-state index in [0.717, 1.165) is 5.75 Å². The summed E-state index contributed by atoms with van der Waals surface area (Å²) in [5.74, 6) is 0.738. The first-order chi connectivity index (χ1) is 7.83. The van der Waals surface area contributed by atoms with E-state index in [4.69, 9.17) is 14.6 Å². The van der Waals surface area contributed by atoms with Crippen molar-refractivity contribution in [3.8, 4) is 5.75 Å². The number of rotatable bonds is 6. The first-order valence-corrected chi connectivity index (χ1v) is 5.02. The molecule has 1 aromatic carbocycles. The minimum absolute atomic E-state index is 0.102. The molecule has 0 atom stereocenters. The van der Waals surface area contributed by atoms with Gasteiger partial charge in [0.05, 0.1) is 6.61 Å². The summed E-state index contributed by atoms with van der Waals surface area (Å²) in [6, 6.07) is 9.28. The molecule has 2 N–H and O–H groups in total. The number of benzene rings is 1. The summed E-state index contributed by atoms with van der Waals surface area (Å²) in [6.07, 6.45) is -0.550. The van der Waals surface area contributed by atoms with Crippen LogP contribution in [-0.4, -0.2) is 37.6 Å². The molecule has 0 aliphatic rings. The molecule has 1 amide bonds. The number of ether oxygens (including phenoxy) is 2. The zero-order valence-electron chi connectivity index (χ0n) is 8.89. The number of nitrogens with one attached hydrogen (secondary N) is 1. The number of amides is 1. The molecule has 0 aromatic heterocycles. The fourth-order valence-corrected chi connectivity index (χ4v) is 1.02. The minimum Gasteiger partial charge on any atom is -0.490 e. The molecule has 0 unspecified atom stereocenters. The SMILES string of the molecule is O=C(NCCO)OCCOc1ccccc1. The Labute approximate surface area is 94.0 Å². The molecule has 0 aliphatic carbocycles. The van der Waals surface area contributed by atoms with Crippen LogP contribution in [-0.2, 0) is 4.74 Å². The normalized spacial score (nSPS) is 9.56. The van der Waals surface area contributed by atoms with E-state index < -0.39 is 6.09 Å². The Morgan fingerprint density at radius 3 is 2.69 bits per heavy atom. The Balaban J connectivity index is 2.06. The van der Waals surface area contributed by atoms with Gasteiger partial charge in [-0.15, -0.1) is 0 Å². The van der Waals surface area contributed by atoms with Gasteiger partial charge < -0.3 is 19.9 Å². The molecule has 0 saturated heterocycles. The Morgan fingerprint density at radius 2 is 2.00 bits per heavy atom. The highest BCUT2D eigenvalue weighted by atomic mass is 16.6. The van der Waals surface area contributed by atoms with Crippen molar-refractivity contribution in [3.05, 3.63) is 30.3 Å². The van der Waals surface area contributed by atoms with E-state index in [1.165, 1.54) is 0 Å². The zero-order chi connectivity index (χ0) is 11.6. The van der Waals surface area contributed by atoms with Crippen LogP contribution in [0.2, 0.25) is 0 Å². The summed E-state index contributed by atoms with van der Waals surface area (Å²) in [6.45, 7) is 0.566. The molecular weight excluding hydrogens is 210 g/mol. The fourth-order valence-electron chi connectivity index (χ4n) is 1.02. The van der Waals surface area contributed by atoms with Gasteiger partial charge in [0.25, 0.3) is 0 Å². The molecule has 0 fully saturated rings. The van der Waals surface area contributed by atoms with Gasteiger partial charge in [0.2, 0.25) is 0 Å². The van der Waals surface area contributed by atoms with Gasteiger partial charge in [-0.2, -0.15) is 0 Å². The van der Waals surface area contributed by atoms with Crippen molar-refractivity contribution in [3.63, 3.8) is 0 Å². The van der Waals surface area contributed by atoms with Gasteiger partial charge in [0.15, 0.2) is 0 Å². The molecule has 0 aliphatic heterocycles. The third kappa shape index (κ3) is 5.21. The average molecular weight is 225 g/mol. The summed E-state index contributed by atoms with van der Waals surface area (Å²) in [4.78, 5) is 10.9. The van der Waals surface area contributed by atoms with Crippen molar-refractivity contribution in [2.24, 2.45) is 0 Å². The third-order valence-corrected chi connectivity index (χ3v) is 1.71. The zero-order valence-corrected chi connectivity index (χ0v) is 8.89. The van der Waals surface area contributed by atoms with Crippen molar-refractivity contribution < 1.29 is 19.4 Å². The Kier molecular flexibility index (Phi) is 5.80. The highest BCUT2D eigenvalue weighted by Crippen LogP contribution is 2.07. The van der Waals surface area contributed by atoms with Crippen LogP contribution in [0.15, 0.2) is 30.3 Å². The predicted molar refractivity (Wildman–Crippen MR) is 58.4 cm³/mol. The number of aliphatic hydroxyl groups is 1. The molecule has 5 heteroatoms. The lowest BCUT2D eigenvalue weighted by Gasteiger charge is -2.07. The highest BCUT2D eigenvalue weighted by Gasteiger charge is 1.99. The van der Waals surface area contributed by atoms with E-state index in [0.29, 0.717) is 6.61 Å². The molecule has 0 saturated carbocycles. The number of hydrogen-bond donors (Lipinski definition) is 2. The molecule has 1 rings (SSSR count). The molecule has 0 bridgehead atoms. The predicted octanol–water partition coefficient (Wildman–Crippen LogP) is 0.784. The third-order valence-electron chi connectivity index (χ3n) is 1.71. The number of alkyl carbamates (subject to hydrolysis) is 1. The van der Waals surface area contributed by atoms with Crippen LogP contribution >= 0.6 is 0 Å². The summed E-state index contributed by atoms with van der Waals surface area (Å²) >= 11 is 0. The number of carbonyl (C=O) groups excluding carboxylic acids is 1. The second-order valence-corrected chi connectivity index (χ2v) is 2.95. The van der Waals surface area contributed by atoms with Gasteiger partial charge in [0, 0.05) is 6.54 Å². The smallest absolute Gasteiger partial charge is 0.407 e. The lowest BCUT2D eigenvalue weighted by Crippen LogP contribution is -2.28. The van der Waals surface area contributed by atoms with Crippen molar-refractivity contribution in [2.45, 2.75) is 0 Å². The molecule has 88 valence electrons. The minimum atomic E-state index is -0.550. The first-order valence-electron chi connectivity index (χ1n) is 5.02. The summed E-state index contributed by atoms with van der Waals surface area (Å²) in [5, 5.41) is 10.8. The van der Waals surface area contributed by atoms with Crippen LogP contribution in [0.1, 0.15) is 0 Å². The van der Waals surface area contributed by atoms with Gasteiger partial charge in [-0.1, -0.05) is 18.2 Å². The molecule has 16 heavy (non-hydrogen) atoms. The largest absolute Gasteiger partial charge is 0.490 e. The van der Waals surface area contributed by atoms with Crippen LogP contribution < -0.4 is 10.1 Å². The van der Waals surface area contributed by atoms with Gasteiger partial charge in [-0.25, -0.2) is 4.79 Å². The molecule has 1 aromatic rings. The topological polar surface area (TPSA) is 67.8 Å². The van der Waals surface area contributed by atoms with Crippen LogP contribution in [0.3, 0.4) is 0 Å². The number of hydrogen-bond acceptors (Lipinski definition) is 4. The fraction of sp³-hybridized carbons (Fsp3) is 0.364. The standard InChI is InChI=1S/C11H15NO4/c13-7-6-12-11(14)16-9-8-15-10-4-2-1-3-5-10/h1-5,13H,6-9H2,(H,12,14). The molecule has 0 spiro atoms. The van der Waals surface area contributed by atoms with Crippen LogP contribution in [0, 0.1) is 0 Å². The number of carbonyl (C=O) groups is 1. The average Bonchev–Trinajstić information content (AvgIpc) is 2.33. The Morgan fingerprint density at radius 1 is 1.25 bits per heavy atom. The number of para-hydroxylation sites is 1. The van der Waals surface area contributed by atoms with E-state index >= 15 is 0 Å². The van der Waals surface area contributed by atoms with Crippen molar-refractivity contribution in [1.29, 1.82) is 0 Å². The van der Waals surface area contributed by atoms with Crippen molar-refractivity contribution >= 4 is 6.09 Å². The second kappa shape index (κ2) is 7.53.